The fourth-order valence-corrected chi connectivity index (χ4v) is 3.73. The van der Waals surface area contributed by atoms with Gasteiger partial charge in [-0.05, 0) is 70.9 Å². The number of nitrogens with one attached hydrogen (secondary N) is 2. The molecule has 1 fully saturated rings. The number of hydrogen-bond donors (Lipinski definition) is 2. The van der Waals surface area contributed by atoms with Gasteiger partial charge in [-0.1, -0.05) is 6.07 Å². The zero-order chi connectivity index (χ0) is 17.1. The van der Waals surface area contributed by atoms with Crippen LogP contribution in [0.5, 0.6) is 0 Å². The summed E-state index contributed by atoms with van der Waals surface area (Å²) in [5, 5.41) is 3.38. The summed E-state index contributed by atoms with van der Waals surface area (Å²) in [6.45, 7) is 8.13. The SMILES string of the molecule is Cc1ccc(NCC2CCC(NS(=O)(=O)C(C)(C)C)CC2)nc1. The summed E-state index contributed by atoms with van der Waals surface area (Å²) >= 11 is 0. The predicted molar refractivity (Wildman–Crippen MR) is 95.0 cm³/mol. The summed E-state index contributed by atoms with van der Waals surface area (Å²) in [4.78, 5) is 4.35. The largest absolute Gasteiger partial charge is 0.370 e. The minimum Gasteiger partial charge on any atom is -0.370 e. The van der Waals surface area contributed by atoms with Crippen molar-refractivity contribution in [2.45, 2.75) is 64.2 Å². The van der Waals surface area contributed by atoms with Crippen molar-refractivity contribution in [1.82, 2.24) is 9.71 Å². The molecular formula is C17H29N3O2S. The van der Waals surface area contributed by atoms with E-state index in [0.717, 1.165) is 43.6 Å². The molecule has 1 aromatic heterocycles. The number of nitrogens with zero attached hydrogens (tertiary/aromatic N) is 1. The first-order valence-corrected chi connectivity index (χ1v) is 9.84. The van der Waals surface area contributed by atoms with E-state index in [1.807, 2.05) is 25.3 Å². The van der Waals surface area contributed by atoms with Crippen LogP contribution in [0, 0.1) is 12.8 Å². The van der Waals surface area contributed by atoms with Crippen LogP contribution in [0.2, 0.25) is 0 Å². The van der Waals surface area contributed by atoms with Crippen molar-refractivity contribution in [3.05, 3.63) is 23.9 Å². The van der Waals surface area contributed by atoms with Gasteiger partial charge in [0, 0.05) is 18.8 Å². The molecule has 1 heterocycles. The molecule has 2 rings (SSSR count). The predicted octanol–water partition coefficient (Wildman–Crippen LogP) is 3.08. The summed E-state index contributed by atoms with van der Waals surface area (Å²) in [7, 11) is -3.25. The van der Waals surface area contributed by atoms with Crippen molar-refractivity contribution >= 4 is 15.8 Å². The third-order valence-corrected chi connectivity index (χ3v) is 6.71. The van der Waals surface area contributed by atoms with E-state index in [-0.39, 0.29) is 6.04 Å². The monoisotopic (exact) mass is 339 g/mol. The summed E-state index contributed by atoms with van der Waals surface area (Å²) in [6.07, 6.45) is 5.75. The molecule has 1 saturated carbocycles. The van der Waals surface area contributed by atoms with E-state index in [1.165, 1.54) is 0 Å². The molecule has 6 heteroatoms. The van der Waals surface area contributed by atoms with Gasteiger partial charge in [-0.25, -0.2) is 18.1 Å². The van der Waals surface area contributed by atoms with Crippen molar-refractivity contribution in [1.29, 1.82) is 0 Å². The second-order valence-electron chi connectivity index (χ2n) is 7.55. The maximum Gasteiger partial charge on any atom is 0.216 e. The number of pyridine rings is 1. The second kappa shape index (κ2) is 7.18. The van der Waals surface area contributed by atoms with Crippen molar-refractivity contribution in [3.8, 4) is 0 Å². The Hall–Kier alpha value is -1.14. The van der Waals surface area contributed by atoms with Crippen LogP contribution in [0.25, 0.3) is 0 Å². The quantitative estimate of drug-likeness (QED) is 0.865. The van der Waals surface area contributed by atoms with Gasteiger partial charge in [0.05, 0.1) is 4.75 Å². The standard InChI is InChI=1S/C17H29N3O2S/c1-13-5-10-16(18-11-13)19-12-14-6-8-15(9-7-14)20-23(21,22)17(2,3)4/h5,10-11,14-15,20H,6-9,12H2,1-4H3,(H,18,19). The van der Waals surface area contributed by atoms with Crippen molar-refractivity contribution in [2.24, 2.45) is 5.92 Å². The van der Waals surface area contributed by atoms with E-state index in [2.05, 4.69) is 15.0 Å². The van der Waals surface area contributed by atoms with Crippen LogP contribution in [0.3, 0.4) is 0 Å². The Morgan fingerprint density at radius 3 is 2.35 bits per heavy atom. The van der Waals surface area contributed by atoms with Crippen LogP contribution in [0.4, 0.5) is 5.82 Å². The fourth-order valence-electron chi connectivity index (χ4n) is 2.70. The number of aryl methyl sites for hydroxylation is 1. The van der Waals surface area contributed by atoms with Gasteiger partial charge in [0.2, 0.25) is 10.0 Å². The number of anilines is 1. The van der Waals surface area contributed by atoms with Gasteiger partial charge in [-0.15, -0.1) is 0 Å². The van der Waals surface area contributed by atoms with Crippen molar-refractivity contribution in [3.63, 3.8) is 0 Å². The highest BCUT2D eigenvalue weighted by Gasteiger charge is 2.32. The van der Waals surface area contributed by atoms with E-state index in [1.54, 1.807) is 20.8 Å². The average molecular weight is 340 g/mol. The van der Waals surface area contributed by atoms with Gasteiger partial charge in [-0.2, -0.15) is 0 Å². The van der Waals surface area contributed by atoms with Gasteiger partial charge < -0.3 is 5.32 Å². The Bertz CT molecular complexity index is 598. The summed E-state index contributed by atoms with van der Waals surface area (Å²) in [6, 6.07) is 4.12. The van der Waals surface area contributed by atoms with Crippen LogP contribution >= 0.6 is 0 Å². The summed E-state index contributed by atoms with van der Waals surface area (Å²) in [5.74, 6) is 1.49. The van der Waals surface area contributed by atoms with Gasteiger partial charge in [0.1, 0.15) is 5.82 Å². The van der Waals surface area contributed by atoms with Crippen LogP contribution in [-0.4, -0.2) is 30.7 Å². The number of hydrogen-bond acceptors (Lipinski definition) is 4. The molecule has 23 heavy (non-hydrogen) atoms. The van der Waals surface area contributed by atoms with Crippen molar-refractivity contribution in [2.75, 3.05) is 11.9 Å². The summed E-state index contributed by atoms with van der Waals surface area (Å²) in [5.41, 5.74) is 1.15. The first kappa shape index (κ1) is 18.2. The number of rotatable bonds is 5. The van der Waals surface area contributed by atoms with E-state index in [4.69, 9.17) is 0 Å². The maximum absolute atomic E-state index is 12.2. The van der Waals surface area contributed by atoms with Gasteiger partial charge in [0.25, 0.3) is 0 Å². The molecule has 130 valence electrons. The van der Waals surface area contributed by atoms with E-state index in [0.29, 0.717) is 5.92 Å². The zero-order valence-electron chi connectivity index (χ0n) is 14.6. The highest BCUT2D eigenvalue weighted by atomic mass is 32.2. The molecule has 1 aliphatic carbocycles. The molecule has 0 saturated heterocycles. The molecule has 1 aliphatic rings. The molecule has 0 unspecified atom stereocenters. The molecule has 0 aromatic carbocycles. The normalized spacial score (nSPS) is 22.8. The Morgan fingerprint density at radius 1 is 1.17 bits per heavy atom. The van der Waals surface area contributed by atoms with Crippen LogP contribution in [0.1, 0.15) is 52.0 Å². The molecule has 1 aromatic rings. The van der Waals surface area contributed by atoms with E-state index in [9.17, 15) is 8.42 Å². The summed E-state index contributed by atoms with van der Waals surface area (Å²) < 4.78 is 26.5. The van der Waals surface area contributed by atoms with Gasteiger partial charge >= 0.3 is 0 Å². The topological polar surface area (TPSA) is 71.1 Å². The molecule has 0 atom stereocenters. The Labute approximate surface area is 140 Å². The number of sulfonamides is 1. The third kappa shape index (κ3) is 5.18. The highest BCUT2D eigenvalue weighted by Crippen LogP contribution is 2.26. The molecular weight excluding hydrogens is 310 g/mol. The van der Waals surface area contributed by atoms with Crippen LogP contribution < -0.4 is 10.0 Å². The Kier molecular flexibility index (Phi) is 5.68. The zero-order valence-corrected chi connectivity index (χ0v) is 15.4. The smallest absolute Gasteiger partial charge is 0.216 e. The molecule has 0 radical (unpaired) electrons. The van der Waals surface area contributed by atoms with Crippen molar-refractivity contribution < 1.29 is 8.42 Å². The molecule has 2 N–H and O–H groups in total. The lowest BCUT2D eigenvalue weighted by molar-refractivity contribution is 0.322. The lowest BCUT2D eigenvalue weighted by Crippen LogP contribution is -2.46. The van der Waals surface area contributed by atoms with Gasteiger partial charge in [-0.3, -0.25) is 0 Å². The average Bonchev–Trinajstić information content (AvgIpc) is 2.47. The first-order chi connectivity index (χ1) is 10.7. The molecule has 0 aliphatic heterocycles. The van der Waals surface area contributed by atoms with E-state index >= 15 is 0 Å². The minimum absolute atomic E-state index is 0.0768. The second-order valence-corrected chi connectivity index (χ2v) is 10.0. The molecule has 5 nitrogen and oxygen atoms in total. The Morgan fingerprint density at radius 2 is 1.83 bits per heavy atom. The van der Waals surface area contributed by atoms with Crippen LogP contribution in [0.15, 0.2) is 18.3 Å². The maximum atomic E-state index is 12.2. The molecule has 0 spiro atoms. The molecule has 0 amide bonds. The number of aromatic nitrogens is 1. The fraction of sp³-hybridized carbons (Fsp3) is 0.706. The lowest BCUT2D eigenvalue weighted by atomic mass is 9.86. The van der Waals surface area contributed by atoms with Crippen LogP contribution in [-0.2, 0) is 10.0 Å². The lowest BCUT2D eigenvalue weighted by Gasteiger charge is -2.31. The van der Waals surface area contributed by atoms with Gasteiger partial charge in [0.15, 0.2) is 0 Å². The minimum atomic E-state index is -3.25. The third-order valence-electron chi connectivity index (χ3n) is 4.46. The Balaban J connectivity index is 1.77. The van der Waals surface area contributed by atoms with E-state index < -0.39 is 14.8 Å². The highest BCUT2D eigenvalue weighted by molar-refractivity contribution is 7.90. The molecule has 0 bridgehead atoms. The first-order valence-electron chi connectivity index (χ1n) is 8.36.